The summed E-state index contributed by atoms with van der Waals surface area (Å²) in [5.41, 5.74) is 0.574. The molecule has 0 radical (unpaired) electrons. The molecule has 1 aromatic carbocycles. The van der Waals surface area contributed by atoms with Crippen LogP contribution in [0.15, 0.2) is 35.7 Å². The first-order chi connectivity index (χ1) is 11.8. The van der Waals surface area contributed by atoms with Gasteiger partial charge in [-0.05, 0) is 43.5 Å². The van der Waals surface area contributed by atoms with Crippen LogP contribution in [-0.4, -0.2) is 44.3 Å². The maximum Gasteiger partial charge on any atom is 0.217 e. The van der Waals surface area contributed by atoms with Gasteiger partial charge in [-0.1, -0.05) is 24.2 Å². The highest BCUT2D eigenvalue weighted by atomic mass is 32.3. The van der Waals surface area contributed by atoms with Gasteiger partial charge in [-0.15, -0.1) is 0 Å². The van der Waals surface area contributed by atoms with Crippen LogP contribution in [0.2, 0.25) is 0 Å². The molecule has 0 saturated carbocycles. The lowest BCUT2D eigenvalue weighted by atomic mass is 10.1. The Balaban J connectivity index is 0.00000151. The maximum atomic E-state index is 13.5. The van der Waals surface area contributed by atoms with Gasteiger partial charge in [-0.25, -0.2) is 9.38 Å². The lowest BCUT2D eigenvalue weighted by Gasteiger charge is -2.25. The molecule has 0 bridgehead atoms. The van der Waals surface area contributed by atoms with E-state index in [1.54, 1.807) is 6.07 Å². The molecule has 1 aliphatic rings. The maximum absolute atomic E-state index is 13.5. The lowest BCUT2D eigenvalue weighted by Crippen LogP contribution is -2.26. The Morgan fingerprint density at radius 2 is 1.92 bits per heavy atom. The topological polar surface area (TPSA) is 40.0 Å². The van der Waals surface area contributed by atoms with Crippen molar-refractivity contribution in [2.24, 2.45) is 4.99 Å². The number of rotatable bonds is 6. The molecule has 2 rings (SSSR count). The second-order valence-electron chi connectivity index (χ2n) is 6.07. The SMILES string of the molecule is C=C(/N=C/c1cc(F)ccc1OC1CCOCC1)OS(C)(C)C.CC. The molecule has 0 spiro atoms. The molecule has 0 amide bonds. The minimum Gasteiger partial charge on any atom is -0.490 e. The second kappa shape index (κ2) is 10.5. The average molecular weight is 372 g/mol. The molecule has 0 atom stereocenters. The molecule has 1 aliphatic heterocycles. The van der Waals surface area contributed by atoms with Crippen molar-refractivity contribution in [2.75, 3.05) is 32.0 Å². The Kier molecular flexibility index (Phi) is 9.00. The smallest absolute Gasteiger partial charge is 0.217 e. The van der Waals surface area contributed by atoms with E-state index in [1.807, 2.05) is 32.6 Å². The average Bonchev–Trinajstić information content (AvgIpc) is 2.56. The molecule has 0 unspecified atom stereocenters. The molecule has 0 aliphatic carbocycles. The van der Waals surface area contributed by atoms with Crippen LogP contribution < -0.4 is 4.74 Å². The van der Waals surface area contributed by atoms with Crippen molar-refractivity contribution >= 4 is 16.5 Å². The fourth-order valence-corrected chi connectivity index (χ4v) is 2.77. The van der Waals surface area contributed by atoms with E-state index in [0.717, 1.165) is 12.8 Å². The van der Waals surface area contributed by atoms with Crippen molar-refractivity contribution in [1.82, 2.24) is 0 Å². The summed E-state index contributed by atoms with van der Waals surface area (Å²) in [5, 5.41) is 0. The highest BCUT2D eigenvalue weighted by Crippen LogP contribution is 2.38. The van der Waals surface area contributed by atoms with E-state index in [9.17, 15) is 4.39 Å². The monoisotopic (exact) mass is 371 g/mol. The predicted molar refractivity (Wildman–Crippen MR) is 105 cm³/mol. The third-order valence-corrected chi connectivity index (χ3v) is 3.82. The van der Waals surface area contributed by atoms with Crippen LogP contribution in [0.25, 0.3) is 0 Å². The summed E-state index contributed by atoms with van der Waals surface area (Å²) in [6.45, 7) is 9.15. The molecule has 25 heavy (non-hydrogen) atoms. The van der Waals surface area contributed by atoms with Crippen molar-refractivity contribution in [3.05, 3.63) is 42.0 Å². The number of aliphatic imine (C=N–C) groups is 1. The van der Waals surface area contributed by atoms with E-state index >= 15 is 0 Å². The molecule has 4 nitrogen and oxygen atoms in total. The van der Waals surface area contributed by atoms with Crippen molar-refractivity contribution in [1.29, 1.82) is 0 Å². The first-order valence-electron chi connectivity index (χ1n) is 8.48. The summed E-state index contributed by atoms with van der Waals surface area (Å²) in [6, 6.07) is 4.41. The van der Waals surface area contributed by atoms with Crippen molar-refractivity contribution in [3.63, 3.8) is 0 Å². The third-order valence-electron chi connectivity index (χ3n) is 3.13. The predicted octanol–water partition coefficient (Wildman–Crippen LogP) is 4.93. The van der Waals surface area contributed by atoms with Crippen LogP contribution in [-0.2, 0) is 8.92 Å². The van der Waals surface area contributed by atoms with Gasteiger partial charge in [0.25, 0.3) is 0 Å². The van der Waals surface area contributed by atoms with Crippen LogP contribution in [0.3, 0.4) is 0 Å². The minimum absolute atomic E-state index is 0.0832. The quantitative estimate of drug-likeness (QED) is 0.526. The molecule has 142 valence electrons. The standard InChI is InChI=1S/C17H24FNO3S.C2H6/c1-13(22-23(2,3)4)19-12-14-11-15(18)5-6-17(14)21-16-7-9-20-10-8-16;1-2/h5-6,11-12,16H,1,7-10H2,2-4H3;1-2H3/b19-12+;. The van der Waals surface area contributed by atoms with E-state index in [-0.39, 0.29) is 11.9 Å². The van der Waals surface area contributed by atoms with E-state index < -0.39 is 10.3 Å². The van der Waals surface area contributed by atoms with Crippen LogP contribution in [0.4, 0.5) is 4.39 Å². The molecule has 0 aromatic heterocycles. The van der Waals surface area contributed by atoms with E-state index in [1.165, 1.54) is 18.3 Å². The van der Waals surface area contributed by atoms with Crippen LogP contribution in [0, 0.1) is 5.82 Å². The molecule has 0 N–H and O–H groups in total. The molecule has 1 saturated heterocycles. The third kappa shape index (κ3) is 8.40. The number of halogens is 1. The molecule has 1 fully saturated rings. The zero-order valence-corrected chi connectivity index (χ0v) is 16.7. The summed E-state index contributed by atoms with van der Waals surface area (Å²) in [7, 11) is -1.20. The Morgan fingerprint density at radius 3 is 2.52 bits per heavy atom. The largest absolute Gasteiger partial charge is 0.490 e. The normalized spacial score (nSPS) is 16.1. The van der Waals surface area contributed by atoms with Gasteiger partial charge in [0.05, 0.1) is 13.2 Å². The fourth-order valence-electron chi connectivity index (χ4n) is 2.15. The van der Waals surface area contributed by atoms with E-state index in [0.29, 0.717) is 30.4 Å². The Labute approximate surface area is 152 Å². The van der Waals surface area contributed by atoms with Crippen LogP contribution in [0.1, 0.15) is 32.3 Å². The minimum atomic E-state index is -1.20. The van der Waals surface area contributed by atoms with Gasteiger partial charge in [0, 0.05) is 24.6 Å². The van der Waals surface area contributed by atoms with Gasteiger partial charge in [0.15, 0.2) is 0 Å². The Bertz CT molecular complexity index is 579. The zero-order valence-electron chi connectivity index (χ0n) is 15.9. The molecular weight excluding hydrogens is 341 g/mol. The van der Waals surface area contributed by atoms with E-state index in [2.05, 4.69) is 11.6 Å². The number of hydrogen-bond acceptors (Lipinski definition) is 4. The van der Waals surface area contributed by atoms with Gasteiger partial charge < -0.3 is 13.7 Å². The lowest BCUT2D eigenvalue weighted by molar-refractivity contribution is 0.0255. The van der Waals surface area contributed by atoms with Crippen molar-refractivity contribution in [2.45, 2.75) is 32.8 Å². The van der Waals surface area contributed by atoms with Crippen LogP contribution in [0.5, 0.6) is 5.75 Å². The molecule has 1 aromatic rings. The van der Waals surface area contributed by atoms with Gasteiger partial charge in [-0.3, -0.25) is 0 Å². The van der Waals surface area contributed by atoms with Crippen molar-refractivity contribution in [3.8, 4) is 5.75 Å². The summed E-state index contributed by atoms with van der Waals surface area (Å²) in [5.74, 6) is 0.588. The number of ether oxygens (including phenoxy) is 2. The second-order valence-corrected chi connectivity index (χ2v) is 9.69. The Morgan fingerprint density at radius 1 is 1.28 bits per heavy atom. The highest BCUT2D eigenvalue weighted by Gasteiger charge is 2.17. The number of nitrogens with zero attached hydrogens (tertiary/aromatic N) is 1. The van der Waals surface area contributed by atoms with Gasteiger partial charge >= 0.3 is 0 Å². The van der Waals surface area contributed by atoms with Gasteiger partial charge in [0.2, 0.25) is 5.88 Å². The van der Waals surface area contributed by atoms with Crippen LogP contribution >= 0.6 is 10.3 Å². The van der Waals surface area contributed by atoms with Gasteiger partial charge in [0.1, 0.15) is 17.7 Å². The fraction of sp³-hybridized carbons (Fsp3) is 0.526. The molecular formula is C19H30FNO3S. The van der Waals surface area contributed by atoms with Crippen molar-refractivity contribution < 1.29 is 18.0 Å². The summed E-state index contributed by atoms with van der Waals surface area (Å²) in [6.07, 6.45) is 9.26. The first kappa shape index (κ1) is 21.5. The summed E-state index contributed by atoms with van der Waals surface area (Å²) < 4.78 is 30.4. The van der Waals surface area contributed by atoms with Gasteiger partial charge in [-0.2, -0.15) is 0 Å². The molecule has 6 heteroatoms. The zero-order chi connectivity index (χ0) is 18.9. The number of hydrogen-bond donors (Lipinski definition) is 0. The first-order valence-corrected chi connectivity index (χ1v) is 11.3. The highest BCUT2D eigenvalue weighted by molar-refractivity contribution is 8.28. The molecule has 1 heterocycles. The summed E-state index contributed by atoms with van der Waals surface area (Å²) >= 11 is 0. The number of benzene rings is 1. The Hall–Kier alpha value is -1.53. The van der Waals surface area contributed by atoms with E-state index in [4.69, 9.17) is 13.7 Å². The summed E-state index contributed by atoms with van der Waals surface area (Å²) in [4.78, 5) is 4.18.